The topological polar surface area (TPSA) is 106 Å². The number of piperidine rings is 1. The summed E-state index contributed by atoms with van der Waals surface area (Å²) in [6.07, 6.45) is 3.58. The van der Waals surface area contributed by atoms with Crippen molar-refractivity contribution < 1.29 is 19.7 Å². The van der Waals surface area contributed by atoms with Crippen molar-refractivity contribution in [3.8, 4) is 6.07 Å². The molecule has 1 aromatic carbocycles. The second-order valence-electron chi connectivity index (χ2n) is 7.36. The lowest BCUT2D eigenvalue weighted by atomic mass is 10.0. The molecule has 2 heterocycles. The van der Waals surface area contributed by atoms with Gasteiger partial charge in [0.05, 0.1) is 12.2 Å². The van der Waals surface area contributed by atoms with Gasteiger partial charge < -0.3 is 25.2 Å². The third-order valence-corrected chi connectivity index (χ3v) is 5.14. The van der Waals surface area contributed by atoms with Crippen molar-refractivity contribution in [2.24, 2.45) is 0 Å². The fourth-order valence-corrected chi connectivity index (χ4v) is 3.65. The zero-order valence-corrected chi connectivity index (χ0v) is 15.9. The number of benzene rings is 1. The zero-order chi connectivity index (χ0) is 19.9. The van der Waals surface area contributed by atoms with Crippen LogP contribution in [0, 0.1) is 11.3 Å². The van der Waals surface area contributed by atoms with Crippen molar-refractivity contribution in [1.29, 1.82) is 5.26 Å². The van der Waals surface area contributed by atoms with Gasteiger partial charge in [-0.25, -0.2) is 0 Å². The maximum Gasteiger partial charge on any atom is 0.262 e. The molecule has 3 rings (SSSR count). The maximum absolute atomic E-state index is 12.3. The lowest BCUT2D eigenvalue weighted by molar-refractivity contribution is -0.187. The number of rotatable bonds is 5. The van der Waals surface area contributed by atoms with Crippen LogP contribution in [-0.4, -0.2) is 54.3 Å². The normalized spacial score (nSPS) is 25.8. The van der Waals surface area contributed by atoms with E-state index in [9.17, 15) is 20.3 Å². The molecule has 7 heteroatoms. The molecule has 28 heavy (non-hydrogen) atoms. The Hall–Kier alpha value is -2.40. The Labute approximate surface area is 165 Å². The van der Waals surface area contributed by atoms with Crippen molar-refractivity contribution >= 4 is 17.7 Å². The third-order valence-electron chi connectivity index (χ3n) is 5.14. The molecule has 3 atom stereocenters. The molecule has 2 saturated heterocycles. The number of nitrogens with one attached hydrogen (secondary N) is 1. The van der Waals surface area contributed by atoms with E-state index in [1.807, 2.05) is 30.3 Å². The Morgan fingerprint density at radius 3 is 2.57 bits per heavy atom. The average molecular weight is 385 g/mol. The molecule has 2 aliphatic heterocycles. The van der Waals surface area contributed by atoms with E-state index in [-0.39, 0.29) is 18.5 Å². The first kappa shape index (κ1) is 20.3. The molecule has 0 bridgehead atoms. The van der Waals surface area contributed by atoms with Crippen molar-refractivity contribution in [3.05, 3.63) is 35.4 Å². The molecular formula is C21H27N3O4. The Morgan fingerprint density at radius 2 is 1.93 bits per heavy atom. The second-order valence-corrected chi connectivity index (χ2v) is 7.36. The van der Waals surface area contributed by atoms with E-state index in [1.165, 1.54) is 19.3 Å². The number of aliphatic hydroxyl groups excluding tert-OH is 2. The van der Waals surface area contributed by atoms with Crippen LogP contribution in [0.15, 0.2) is 29.8 Å². The first-order valence-electron chi connectivity index (χ1n) is 9.82. The summed E-state index contributed by atoms with van der Waals surface area (Å²) in [5, 5.41) is 31.2. The molecule has 150 valence electrons. The van der Waals surface area contributed by atoms with E-state index < -0.39 is 24.4 Å². The molecule has 0 aliphatic carbocycles. The lowest BCUT2D eigenvalue weighted by Gasteiger charge is -2.30. The van der Waals surface area contributed by atoms with Gasteiger partial charge in [0.15, 0.2) is 6.29 Å². The summed E-state index contributed by atoms with van der Waals surface area (Å²) in [5.74, 6) is -0.499. The number of anilines is 1. The quantitative estimate of drug-likeness (QED) is 0.525. The van der Waals surface area contributed by atoms with Crippen LogP contribution in [-0.2, 0) is 9.53 Å². The molecule has 3 N–H and O–H groups in total. The smallest absolute Gasteiger partial charge is 0.262 e. The first-order chi connectivity index (χ1) is 13.5. The predicted octanol–water partition coefficient (Wildman–Crippen LogP) is 1.56. The summed E-state index contributed by atoms with van der Waals surface area (Å²) in [6, 6.07) is 9.78. The van der Waals surface area contributed by atoms with Gasteiger partial charge >= 0.3 is 0 Å². The van der Waals surface area contributed by atoms with E-state index in [2.05, 4.69) is 10.2 Å². The van der Waals surface area contributed by atoms with Crippen LogP contribution in [0.5, 0.6) is 0 Å². The highest BCUT2D eigenvalue weighted by atomic mass is 16.6. The van der Waals surface area contributed by atoms with E-state index >= 15 is 0 Å². The molecule has 0 spiro atoms. The maximum atomic E-state index is 12.3. The first-order valence-corrected chi connectivity index (χ1v) is 9.82. The minimum absolute atomic E-state index is 0.00243. The summed E-state index contributed by atoms with van der Waals surface area (Å²) in [6.45, 7) is 2.25. The van der Waals surface area contributed by atoms with Gasteiger partial charge in [-0.2, -0.15) is 5.26 Å². The van der Waals surface area contributed by atoms with Crippen LogP contribution in [0.1, 0.15) is 37.7 Å². The Morgan fingerprint density at radius 1 is 1.21 bits per heavy atom. The molecule has 3 unspecified atom stereocenters. The van der Waals surface area contributed by atoms with Crippen molar-refractivity contribution in [1.82, 2.24) is 5.32 Å². The van der Waals surface area contributed by atoms with Gasteiger partial charge in [-0.15, -0.1) is 0 Å². The Balaban J connectivity index is 1.58. The molecule has 0 radical (unpaired) electrons. The van der Waals surface area contributed by atoms with Crippen LogP contribution >= 0.6 is 0 Å². The molecule has 0 saturated carbocycles. The van der Waals surface area contributed by atoms with Crippen LogP contribution in [0.4, 0.5) is 5.69 Å². The van der Waals surface area contributed by atoms with Crippen LogP contribution in [0.3, 0.4) is 0 Å². The second kappa shape index (κ2) is 9.69. The number of carbonyl (C=O) groups excluding carboxylic acids is 1. The van der Waals surface area contributed by atoms with Gasteiger partial charge in [0.2, 0.25) is 0 Å². The SMILES string of the molecule is N#C/C(=C\c1ccc(N2CCCCC2)cc1)C(=O)NCC1CC(O)CC(O)O1. The summed E-state index contributed by atoms with van der Waals surface area (Å²) < 4.78 is 5.28. The van der Waals surface area contributed by atoms with Crippen LogP contribution in [0.25, 0.3) is 6.08 Å². The van der Waals surface area contributed by atoms with Gasteiger partial charge in [-0.3, -0.25) is 4.79 Å². The lowest BCUT2D eigenvalue weighted by Crippen LogP contribution is -2.42. The number of nitrogens with zero attached hydrogens (tertiary/aromatic N) is 2. The van der Waals surface area contributed by atoms with E-state index in [4.69, 9.17) is 4.74 Å². The zero-order valence-electron chi connectivity index (χ0n) is 15.9. The molecule has 1 amide bonds. The van der Waals surface area contributed by atoms with Gasteiger partial charge in [-0.1, -0.05) is 12.1 Å². The number of hydrogen-bond acceptors (Lipinski definition) is 6. The van der Waals surface area contributed by atoms with Crippen molar-refractivity contribution in [2.45, 2.75) is 50.6 Å². The number of amides is 1. The molecule has 7 nitrogen and oxygen atoms in total. The highest BCUT2D eigenvalue weighted by Gasteiger charge is 2.27. The van der Waals surface area contributed by atoms with Gasteiger partial charge in [0.25, 0.3) is 5.91 Å². The number of aliphatic hydroxyl groups is 2. The summed E-state index contributed by atoms with van der Waals surface area (Å²) >= 11 is 0. The summed E-state index contributed by atoms with van der Waals surface area (Å²) in [5.41, 5.74) is 1.95. The minimum Gasteiger partial charge on any atom is -0.393 e. The van der Waals surface area contributed by atoms with E-state index in [0.717, 1.165) is 24.3 Å². The monoisotopic (exact) mass is 385 g/mol. The van der Waals surface area contributed by atoms with E-state index in [0.29, 0.717) is 6.42 Å². The summed E-state index contributed by atoms with van der Waals surface area (Å²) in [7, 11) is 0. The largest absolute Gasteiger partial charge is 0.393 e. The predicted molar refractivity (Wildman–Crippen MR) is 105 cm³/mol. The Kier molecular flexibility index (Phi) is 7.04. The number of carbonyl (C=O) groups is 1. The van der Waals surface area contributed by atoms with Gasteiger partial charge in [0, 0.05) is 38.2 Å². The molecule has 2 aliphatic rings. The highest BCUT2D eigenvalue weighted by Crippen LogP contribution is 2.21. The average Bonchev–Trinajstić information content (AvgIpc) is 2.70. The van der Waals surface area contributed by atoms with Crippen LogP contribution in [0.2, 0.25) is 0 Å². The fraction of sp³-hybridized carbons (Fsp3) is 0.524. The van der Waals surface area contributed by atoms with Gasteiger partial charge in [-0.05, 0) is 43.0 Å². The number of ether oxygens (including phenoxy) is 1. The molecule has 1 aromatic rings. The number of nitriles is 1. The fourth-order valence-electron chi connectivity index (χ4n) is 3.65. The Bertz CT molecular complexity index is 725. The highest BCUT2D eigenvalue weighted by molar-refractivity contribution is 6.01. The van der Waals surface area contributed by atoms with Crippen molar-refractivity contribution in [3.63, 3.8) is 0 Å². The molecule has 0 aromatic heterocycles. The van der Waals surface area contributed by atoms with E-state index in [1.54, 1.807) is 6.08 Å². The molecule has 2 fully saturated rings. The third kappa shape index (κ3) is 5.55. The minimum atomic E-state index is -1.03. The van der Waals surface area contributed by atoms with Gasteiger partial charge in [0.1, 0.15) is 11.6 Å². The summed E-state index contributed by atoms with van der Waals surface area (Å²) in [4.78, 5) is 14.7. The number of hydrogen-bond donors (Lipinski definition) is 3. The van der Waals surface area contributed by atoms with Crippen LogP contribution < -0.4 is 10.2 Å². The van der Waals surface area contributed by atoms with Crippen molar-refractivity contribution in [2.75, 3.05) is 24.5 Å². The molecular weight excluding hydrogens is 358 g/mol. The standard InChI is InChI=1S/C21H27N3O4/c22-13-16(21(27)23-14-19-11-18(25)12-20(26)28-19)10-15-4-6-17(7-5-15)24-8-2-1-3-9-24/h4-7,10,18-20,25-26H,1-3,8-9,11-12,14H2,(H,23,27)/b16-10+.